The van der Waals surface area contributed by atoms with E-state index in [4.69, 9.17) is 10.5 Å². The Balaban J connectivity index is 1.90. The summed E-state index contributed by atoms with van der Waals surface area (Å²) in [6, 6.07) is 0. The second-order valence-corrected chi connectivity index (χ2v) is 6.35. The van der Waals surface area contributed by atoms with E-state index in [9.17, 15) is 9.59 Å². The van der Waals surface area contributed by atoms with Gasteiger partial charge in [0.25, 0.3) is 0 Å². The molecule has 19 heavy (non-hydrogen) atoms. The number of unbranched alkanes of at least 4 members (excludes halogenated alkanes) is 1. The quantitative estimate of drug-likeness (QED) is 0.599. The molecule has 3 fully saturated rings. The van der Waals surface area contributed by atoms with E-state index in [-0.39, 0.29) is 24.0 Å². The maximum Gasteiger partial charge on any atom is 0.238 e. The van der Waals surface area contributed by atoms with Crippen molar-refractivity contribution in [1.82, 2.24) is 4.90 Å². The van der Waals surface area contributed by atoms with Gasteiger partial charge in [-0.25, -0.2) is 0 Å². The minimum absolute atomic E-state index is 0.0378. The van der Waals surface area contributed by atoms with Gasteiger partial charge in [-0.05, 0) is 46.1 Å². The van der Waals surface area contributed by atoms with Gasteiger partial charge in [0.05, 0.1) is 23.0 Å². The van der Waals surface area contributed by atoms with Crippen molar-refractivity contribution in [2.75, 3.05) is 13.1 Å². The van der Waals surface area contributed by atoms with Gasteiger partial charge in [0.15, 0.2) is 0 Å². The number of nitrogens with two attached hydrogens (primary N) is 1. The lowest BCUT2D eigenvalue weighted by atomic mass is 9.59. The number of ether oxygens (including phenoxy) is 1. The third-order valence-electron chi connectivity index (χ3n) is 5.60. The summed E-state index contributed by atoms with van der Waals surface area (Å²) in [7, 11) is 0. The topological polar surface area (TPSA) is 72.6 Å². The number of carbonyl (C=O) groups excluding carboxylic acids is 2. The normalized spacial score (nSPS) is 44.3. The summed E-state index contributed by atoms with van der Waals surface area (Å²) < 4.78 is 5.87. The lowest BCUT2D eigenvalue weighted by Gasteiger charge is -2.36. The third kappa shape index (κ3) is 1.32. The highest BCUT2D eigenvalue weighted by Gasteiger charge is 2.76. The number of imide groups is 1. The van der Waals surface area contributed by atoms with E-state index in [0.29, 0.717) is 13.1 Å². The number of hydrogen-bond acceptors (Lipinski definition) is 4. The molecule has 3 aliphatic heterocycles. The van der Waals surface area contributed by atoms with Crippen molar-refractivity contribution < 1.29 is 14.3 Å². The van der Waals surface area contributed by atoms with Crippen LogP contribution in [0.5, 0.6) is 0 Å². The van der Waals surface area contributed by atoms with Gasteiger partial charge < -0.3 is 10.5 Å². The first-order valence-corrected chi connectivity index (χ1v) is 7.20. The number of likely N-dealkylation sites (tertiary alicyclic amines) is 1. The summed E-state index contributed by atoms with van der Waals surface area (Å²) in [6.45, 7) is 4.93. The Labute approximate surface area is 113 Å². The monoisotopic (exact) mass is 266 g/mol. The molecule has 0 spiro atoms. The van der Waals surface area contributed by atoms with Crippen molar-refractivity contribution in [3.8, 4) is 0 Å². The molecule has 0 saturated carbocycles. The number of amides is 2. The van der Waals surface area contributed by atoms with E-state index in [1.54, 1.807) is 0 Å². The minimum atomic E-state index is -0.657. The molecule has 2 amide bonds. The number of nitrogens with zero attached hydrogens (tertiary/aromatic N) is 1. The molecule has 5 nitrogen and oxygen atoms in total. The summed E-state index contributed by atoms with van der Waals surface area (Å²) in [5.41, 5.74) is 4.16. The van der Waals surface area contributed by atoms with E-state index >= 15 is 0 Å². The number of carbonyl (C=O) groups is 2. The molecule has 3 aliphatic rings. The van der Waals surface area contributed by atoms with Crippen LogP contribution in [0.2, 0.25) is 0 Å². The molecule has 0 aromatic heterocycles. The summed E-state index contributed by atoms with van der Waals surface area (Å²) in [5, 5.41) is 0. The Morgan fingerprint density at radius 1 is 1.16 bits per heavy atom. The van der Waals surface area contributed by atoms with Crippen LogP contribution in [0.1, 0.15) is 39.5 Å². The van der Waals surface area contributed by atoms with Gasteiger partial charge in [-0.1, -0.05) is 0 Å². The van der Waals surface area contributed by atoms with E-state index in [1.165, 1.54) is 4.90 Å². The van der Waals surface area contributed by atoms with E-state index in [2.05, 4.69) is 0 Å². The van der Waals surface area contributed by atoms with Crippen LogP contribution in [0.15, 0.2) is 0 Å². The SMILES string of the molecule is C[C@@]12C(=O)N(CCCCN)C(=O)[C@]1(C)[C@H]1CC[C@@H]2O1. The molecular formula is C14H22N2O3. The predicted molar refractivity (Wildman–Crippen MR) is 69.1 cm³/mol. The van der Waals surface area contributed by atoms with Crippen LogP contribution in [0.3, 0.4) is 0 Å². The number of hydrogen-bond donors (Lipinski definition) is 1. The Hall–Kier alpha value is -0.940. The highest BCUT2D eigenvalue weighted by Crippen LogP contribution is 2.64. The standard InChI is InChI=1S/C14H22N2O3/c1-13-9-5-6-10(19-9)14(13,2)12(18)16(11(13)17)8-4-3-7-15/h9-10H,3-8,15H2,1-2H3/t9-,10+,13+,14-. The fourth-order valence-electron chi connectivity index (χ4n) is 4.15. The van der Waals surface area contributed by atoms with Crippen LogP contribution in [0.4, 0.5) is 0 Å². The summed E-state index contributed by atoms with van der Waals surface area (Å²) >= 11 is 0. The molecule has 2 N–H and O–H groups in total. The highest BCUT2D eigenvalue weighted by molar-refractivity contribution is 6.10. The van der Waals surface area contributed by atoms with Crippen LogP contribution in [0, 0.1) is 10.8 Å². The molecular weight excluding hydrogens is 244 g/mol. The maximum atomic E-state index is 12.7. The lowest BCUT2D eigenvalue weighted by molar-refractivity contribution is -0.145. The van der Waals surface area contributed by atoms with Crippen molar-refractivity contribution in [3.63, 3.8) is 0 Å². The van der Waals surface area contributed by atoms with Gasteiger partial charge in [-0.15, -0.1) is 0 Å². The number of fused-ring (bicyclic) bond motifs is 5. The first-order chi connectivity index (χ1) is 8.97. The lowest BCUT2D eigenvalue weighted by Crippen LogP contribution is -2.48. The average molecular weight is 266 g/mol. The second-order valence-electron chi connectivity index (χ2n) is 6.35. The van der Waals surface area contributed by atoms with E-state index < -0.39 is 10.8 Å². The molecule has 3 saturated heterocycles. The summed E-state index contributed by atoms with van der Waals surface area (Å²) in [6.07, 6.45) is 3.25. The molecule has 0 aliphatic carbocycles. The fourth-order valence-corrected chi connectivity index (χ4v) is 4.15. The van der Waals surface area contributed by atoms with Crippen LogP contribution in [-0.2, 0) is 14.3 Å². The smallest absolute Gasteiger partial charge is 0.238 e. The molecule has 0 radical (unpaired) electrons. The summed E-state index contributed by atoms with van der Waals surface area (Å²) in [4.78, 5) is 26.9. The summed E-state index contributed by atoms with van der Waals surface area (Å²) in [5.74, 6) is -0.0755. The first kappa shape index (κ1) is 13.1. The maximum absolute atomic E-state index is 12.7. The van der Waals surface area contributed by atoms with Gasteiger partial charge in [0.2, 0.25) is 11.8 Å². The van der Waals surface area contributed by atoms with E-state index in [1.807, 2.05) is 13.8 Å². The molecule has 3 rings (SSSR count). The van der Waals surface area contributed by atoms with Gasteiger partial charge >= 0.3 is 0 Å². The Morgan fingerprint density at radius 2 is 1.68 bits per heavy atom. The van der Waals surface area contributed by atoms with Crippen LogP contribution < -0.4 is 5.73 Å². The van der Waals surface area contributed by atoms with Crippen molar-refractivity contribution in [2.45, 2.75) is 51.7 Å². The molecule has 0 aromatic carbocycles. The first-order valence-electron chi connectivity index (χ1n) is 7.20. The minimum Gasteiger partial charge on any atom is -0.373 e. The third-order valence-corrected chi connectivity index (χ3v) is 5.60. The van der Waals surface area contributed by atoms with Crippen molar-refractivity contribution >= 4 is 11.8 Å². The van der Waals surface area contributed by atoms with Crippen LogP contribution >= 0.6 is 0 Å². The zero-order valence-electron chi connectivity index (χ0n) is 11.6. The van der Waals surface area contributed by atoms with Crippen LogP contribution in [-0.4, -0.2) is 42.0 Å². The Morgan fingerprint density at radius 3 is 2.16 bits per heavy atom. The van der Waals surface area contributed by atoms with Gasteiger partial charge in [0.1, 0.15) is 0 Å². The molecule has 0 aromatic rings. The molecule has 4 atom stereocenters. The highest BCUT2D eigenvalue weighted by atomic mass is 16.5. The van der Waals surface area contributed by atoms with Crippen molar-refractivity contribution in [1.29, 1.82) is 0 Å². The molecule has 5 heteroatoms. The van der Waals surface area contributed by atoms with Gasteiger partial charge in [0, 0.05) is 6.54 Å². The van der Waals surface area contributed by atoms with E-state index in [0.717, 1.165) is 25.7 Å². The largest absolute Gasteiger partial charge is 0.373 e. The predicted octanol–water partition coefficient (Wildman–Crippen LogP) is 0.668. The van der Waals surface area contributed by atoms with Crippen molar-refractivity contribution in [2.24, 2.45) is 16.6 Å². The molecule has 3 heterocycles. The zero-order chi connectivity index (χ0) is 13.8. The van der Waals surface area contributed by atoms with Gasteiger partial charge in [-0.2, -0.15) is 0 Å². The number of rotatable bonds is 4. The molecule has 2 bridgehead atoms. The molecule has 0 unspecified atom stereocenters. The van der Waals surface area contributed by atoms with Gasteiger partial charge in [-0.3, -0.25) is 14.5 Å². The Kier molecular flexibility index (Phi) is 2.77. The van der Waals surface area contributed by atoms with Crippen LogP contribution in [0.25, 0.3) is 0 Å². The zero-order valence-corrected chi connectivity index (χ0v) is 11.6. The van der Waals surface area contributed by atoms with Crippen molar-refractivity contribution in [3.05, 3.63) is 0 Å². The Bertz CT molecular complexity index is 404. The fraction of sp³-hybridized carbons (Fsp3) is 0.857. The average Bonchev–Trinajstić information content (AvgIpc) is 3.00. The molecule has 106 valence electrons. The second kappa shape index (κ2) is 4.03.